The summed E-state index contributed by atoms with van der Waals surface area (Å²) in [6, 6.07) is 0. The van der Waals surface area contributed by atoms with Crippen LogP contribution in [0.25, 0.3) is 0 Å². The van der Waals surface area contributed by atoms with Gasteiger partial charge in [0.25, 0.3) is 0 Å². The van der Waals surface area contributed by atoms with Gasteiger partial charge in [-0.1, -0.05) is 19.4 Å². The quantitative estimate of drug-likeness (QED) is 0.437. The molecular weight excluding hydrogens is 220 g/mol. The van der Waals surface area contributed by atoms with Crippen molar-refractivity contribution in [2.45, 2.75) is 46.1 Å². The van der Waals surface area contributed by atoms with Crippen LogP contribution in [0.1, 0.15) is 40.5 Å². The first-order chi connectivity index (χ1) is 7.70. The Morgan fingerprint density at radius 3 is 1.69 bits per heavy atom. The number of hydrogen-bond acceptors (Lipinski definition) is 3. The molecular formula is C12H26O3Si. The second kappa shape index (κ2) is 8.93. The van der Waals surface area contributed by atoms with Gasteiger partial charge in [0.1, 0.15) is 0 Å². The van der Waals surface area contributed by atoms with E-state index in [9.17, 15) is 0 Å². The summed E-state index contributed by atoms with van der Waals surface area (Å²) in [5.74, 6) is 0. The lowest BCUT2D eigenvalue weighted by atomic mass is 10.2. The molecule has 4 heteroatoms. The van der Waals surface area contributed by atoms with Crippen molar-refractivity contribution in [3.05, 3.63) is 12.7 Å². The largest absolute Gasteiger partial charge is 0.508 e. The zero-order valence-electron chi connectivity index (χ0n) is 11.1. The molecule has 0 saturated carbocycles. The first kappa shape index (κ1) is 15.8. The maximum Gasteiger partial charge on any atom is 0.508 e. The summed E-state index contributed by atoms with van der Waals surface area (Å²) in [6.45, 7) is 13.8. The predicted molar refractivity (Wildman–Crippen MR) is 69.5 cm³/mol. The van der Waals surface area contributed by atoms with Crippen LogP contribution in [0.2, 0.25) is 5.54 Å². The van der Waals surface area contributed by atoms with Gasteiger partial charge in [-0.2, -0.15) is 0 Å². The molecule has 0 saturated heterocycles. The Hall–Kier alpha value is -0.163. The van der Waals surface area contributed by atoms with Crippen LogP contribution in [0.15, 0.2) is 12.7 Å². The highest BCUT2D eigenvalue weighted by molar-refractivity contribution is 6.63. The first-order valence-electron chi connectivity index (χ1n) is 6.25. The molecule has 0 aliphatic carbocycles. The van der Waals surface area contributed by atoms with E-state index in [-0.39, 0.29) is 5.54 Å². The van der Waals surface area contributed by atoms with Crippen LogP contribution in [-0.2, 0) is 13.3 Å². The van der Waals surface area contributed by atoms with Crippen molar-refractivity contribution in [1.29, 1.82) is 0 Å². The average Bonchev–Trinajstić information content (AvgIpc) is 2.26. The Morgan fingerprint density at radius 1 is 1.00 bits per heavy atom. The van der Waals surface area contributed by atoms with Gasteiger partial charge in [0.15, 0.2) is 0 Å². The third-order valence-electron chi connectivity index (χ3n) is 2.37. The summed E-state index contributed by atoms with van der Waals surface area (Å²) in [4.78, 5) is 0. The molecule has 0 fully saturated rings. The first-order valence-corrected chi connectivity index (χ1v) is 8.05. The standard InChI is InChI=1S/C12H26O3Si/c1-6-11-12(7-2)16(13-8-3,14-9-4)15-10-5/h7,12H,2,6,8-11H2,1,3-5H3. The SMILES string of the molecule is C=CC(CCC)[Si](OCC)(OCC)OCC. The van der Waals surface area contributed by atoms with E-state index in [4.69, 9.17) is 13.3 Å². The van der Waals surface area contributed by atoms with Crippen LogP contribution in [0.4, 0.5) is 0 Å². The summed E-state index contributed by atoms with van der Waals surface area (Å²) in [7, 11) is -2.56. The molecule has 0 aromatic rings. The minimum Gasteiger partial charge on any atom is -0.373 e. The summed E-state index contributed by atoms with van der Waals surface area (Å²) in [6.07, 6.45) is 4.02. The maximum atomic E-state index is 5.84. The van der Waals surface area contributed by atoms with Gasteiger partial charge in [-0.3, -0.25) is 0 Å². The van der Waals surface area contributed by atoms with E-state index in [0.29, 0.717) is 19.8 Å². The molecule has 0 rings (SSSR count). The second-order valence-corrected chi connectivity index (χ2v) is 6.35. The molecule has 0 N–H and O–H groups in total. The van der Waals surface area contributed by atoms with E-state index in [1.807, 2.05) is 26.8 Å². The minimum atomic E-state index is -2.56. The third kappa shape index (κ3) is 4.37. The Kier molecular flexibility index (Phi) is 8.84. The van der Waals surface area contributed by atoms with Gasteiger partial charge < -0.3 is 13.3 Å². The van der Waals surface area contributed by atoms with Crippen molar-refractivity contribution in [1.82, 2.24) is 0 Å². The predicted octanol–water partition coefficient (Wildman–Crippen LogP) is 3.39. The van der Waals surface area contributed by atoms with Crippen LogP contribution >= 0.6 is 0 Å². The average molecular weight is 246 g/mol. The highest BCUT2D eigenvalue weighted by Gasteiger charge is 2.47. The Morgan fingerprint density at radius 2 is 1.44 bits per heavy atom. The molecule has 0 amide bonds. The molecule has 1 atom stereocenters. The van der Waals surface area contributed by atoms with Crippen molar-refractivity contribution >= 4 is 8.80 Å². The second-order valence-electron chi connectivity index (χ2n) is 3.53. The molecule has 0 aliphatic rings. The Labute approximate surface area is 101 Å². The van der Waals surface area contributed by atoms with Crippen LogP contribution in [0.5, 0.6) is 0 Å². The smallest absolute Gasteiger partial charge is 0.373 e. The summed E-state index contributed by atoms with van der Waals surface area (Å²) in [5, 5.41) is 0. The molecule has 0 aliphatic heterocycles. The van der Waals surface area contributed by atoms with Crippen molar-refractivity contribution in [2.24, 2.45) is 0 Å². The highest BCUT2D eigenvalue weighted by atomic mass is 28.4. The Balaban J connectivity index is 4.85. The molecule has 1 unspecified atom stereocenters. The van der Waals surface area contributed by atoms with Crippen molar-refractivity contribution < 1.29 is 13.3 Å². The number of allylic oxidation sites excluding steroid dienone is 1. The van der Waals surface area contributed by atoms with E-state index < -0.39 is 8.80 Å². The zero-order valence-corrected chi connectivity index (χ0v) is 12.1. The molecule has 16 heavy (non-hydrogen) atoms. The zero-order chi connectivity index (χ0) is 12.4. The molecule has 0 radical (unpaired) electrons. The normalized spacial score (nSPS) is 13.8. The summed E-state index contributed by atoms with van der Waals surface area (Å²) in [5.41, 5.74) is 0.206. The fourth-order valence-corrected chi connectivity index (χ4v) is 4.83. The molecule has 0 bridgehead atoms. The number of rotatable bonds is 10. The molecule has 0 spiro atoms. The third-order valence-corrected chi connectivity index (χ3v) is 5.88. The van der Waals surface area contributed by atoms with Crippen LogP contribution in [-0.4, -0.2) is 28.6 Å². The van der Waals surface area contributed by atoms with E-state index >= 15 is 0 Å². The number of hydrogen-bond donors (Lipinski definition) is 0. The van der Waals surface area contributed by atoms with E-state index in [0.717, 1.165) is 12.8 Å². The van der Waals surface area contributed by atoms with Crippen molar-refractivity contribution in [3.63, 3.8) is 0 Å². The lowest BCUT2D eigenvalue weighted by Crippen LogP contribution is -2.49. The maximum absolute atomic E-state index is 5.84. The minimum absolute atomic E-state index is 0.206. The lowest BCUT2D eigenvalue weighted by Gasteiger charge is -2.33. The van der Waals surface area contributed by atoms with Gasteiger partial charge in [-0.15, -0.1) is 6.58 Å². The fraction of sp³-hybridized carbons (Fsp3) is 0.833. The fourth-order valence-electron chi connectivity index (χ4n) is 1.80. The van der Waals surface area contributed by atoms with Gasteiger partial charge in [0.2, 0.25) is 0 Å². The highest BCUT2D eigenvalue weighted by Crippen LogP contribution is 2.31. The lowest BCUT2D eigenvalue weighted by molar-refractivity contribution is 0.0643. The van der Waals surface area contributed by atoms with Gasteiger partial charge in [-0.05, 0) is 27.2 Å². The van der Waals surface area contributed by atoms with Crippen molar-refractivity contribution in [3.8, 4) is 0 Å². The van der Waals surface area contributed by atoms with E-state index in [1.165, 1.54) is 0 Å². The van der Waals surface area contributed by atoms with Gasteiger partial charge in [-0.25, -0.2) is 0 Å². The molecule has 0 heterocycles. The van der Waals surface area contributed by atoms with Gasteiger partial charge in [0, 0.05) is 25.4 Å². The topological polar surface area (TPSA) is 27.7 Å². The van der Waals surface area contributed by atoms with E-state index in [2.05, 4.69) is 13.5 Å². The van der Waals surface area contributed by atoms with Gasteiger partial charge >= 0.3 is 8.80 Å². The Bertz CT molecular complexity index is 168. The molecule has 0 aromatic carbocycles. The molecule has 0 aromatic heterocycles. The van der Waals surface area contributed by atoms with E-state index in [1.54, 1.807) is 0 Å². The molecule has 96 valence electrons. The van der Waals surface area contributed by atoms with Gasteiger partial charge in [0.05, 0.1) is 0 Å². The summed E-state index contributed by atoms with van der Waals surface area (Å²) >= 11 is 0. The molecule has 3 nitrogen and oxygen atoms in total. The van der Waals surface area contributed by atoms with Crippen LogP contribution < -0.4 is 0 Å². The summed E-state index contributed by atoms with van der Waals surface area (Å²) < 4.78 is 17.5. The van der Waals surface area contributed by atoms with Crippen molar-refractivity contribution in [2.75, 3.05) is 19.8 Å². The van der Waals surface area contributed by atoms with Crippen LogP contribution in [0.3, 0.4) is 0 Å². The monoisotopic (exact) mass is 246 g/mol. The van der Waals surface area contributed by atoms with Crippen LogP contribution in [0, 0.1) is 0 Å².